The molecule has 0 spiro atoms. The Morgan fingerprint density at radius 3 is 1.48 bits per heavy atom. The Morgan fingerprint density at radius 2 is 0.943 bits per heavy atom. The van der Waals surface area contributed by atoms with Crippen LogP contribution in [0.3, 0.4) is 0 Å². The van der Waals surface area contributed by atoms with E-state index < -0.39 is 0 Å². The summed E-state index contributed by atoms with van der Waals surface area (Å²) in [5.41, 5.74) is 15.1. The zero-order valence-corrected chi connectivity index (χ0v) is 51.4. The highest BCUT2D eigenvalue weighted by molar-refractivity contribution is 6.17. The minimum Gasteiger partial charge on any atom is -0.284 e. The number of hydrogen-bond acceptors (Lipinski definition) is 10. The number of nitrogens with zero attached hydrogens (tertiary/aromatic N) is 10. The molecule has 0 saturated heterocycles. The second kappa shape index (κ2) is 33.4. The molecule has 2 fully saturated rings. The van der Waals surface area contributed by atoms with E-state index in [0.717, 1.165) is 52.9 Å². The van der Waals surface area contributed by atoms with E-state index >= 15 is 0 Å². The fraction of sp³-hybridized carbons (Fsp3) is 0.263. The van der Waals surface area contributed by atoms with Crippen LogP contribution in [0.1, 0.15) is 160 Å². The molecule has 4 aromatic heterocycles. The summed E-state index contributed by atoms with van der Waals surface area (Å²) in [5, 5.41) is 0. The summed E-state index contributed by atoms with van der Waals surface area (Å²) < 4.78 is 13.2. The standard InChI is InChI=1S/C24H32N2.C15H14N2.C13H16N2.C12H9FN2.C12H10N2/c1-16(2)20-11-8-10-19(7)23(20)25-14-15-26-24-21(17(3)4)12-9-13-22(24)18(5)6;1-2-7-14-12(5-1)8-9-15(14)17-11-13-6-3-4-10-16-13;1-2-8-14-12(3-1)10-15-13-6-4-11(9-13)5-7-13;13-11-6-1-2-7-12(11)15-9-10-5-3-4-8-14-10;1-2-6-11(7-3-1)14-10-12-8-4-5-9-13-12/h8-18H,1-7H3;1-7,10-11,15H,8-9H2;1-3,8,10-11H,4-7,9H2;1-9H;1-10H. The van der Waals surface area contributed by atoms with Crippen LogP contribution in [-0.4, -0.2) is 62.8 Å². The minimum absolute atomic E-state index is 0.294. The number of rotatable bonds is 14. The normalized spacial score (nSPS) is 16.7. The molecule has 12 rings (SSSR count). The number of aliphatic imine (C=N–C) groups is 6. The van der Waals surface area contributed by atoms with Crippen LogP contribution in [0.5, 0.6) is 0 Å². The van der Waals surface area contributed by atoms with Gasteiger partial charge in [-0.1, -0.05) is 157 Å². The van der Waals surface area contributed by atoms with Crippen LogP contribution in [0, 0.1) is 18.7 Å². The van der Waals surface area contributed by atoms with E-state index in [1.165, 1.54) is 71.6 Å². The molecule has 2 saturated carbocycles. The third-order valence-corrected chi connectivity index (χ3v) is 15.4. The van der Waals surface area contributed by atoms with Crippen molar-refractivity contribution in [2.24, 2.45) is 35.9 Å². The van der Waals surface area contributed by atoms with Crippen molar-refractivity contribution in [2.75, 3.05) is 0 Å². The molecule has 3 aliphatic carbocycles. The van der Waals surface area contributed by atoms with E-state index in [0.29, 0.717) is 40.7 Å². The average Bonchev–Trinajstić information content (AvgIpc) is 3.29. The predicted molar refractivity (Wildman–Crippen MR) is 362 cm³/mol. The van der Waals surface area contributed by atoms with Crippen LogP contribution in [-0.2, 0) is 6.42 Å². The van der Waals surface area contributed by atoms with Crippen molar-refractivity contribution in [3.05, 3.63) is 275 Å². The SMILES string of the molecule is C(=NC12CCC(CC1)C2)c1ccccn1.C(=NC1CCc2ccccc21)c1ccccn1.C(=Nc1ccccc1)c1ccccn1.Cc1cccc(C(C)C)c1N=CC=Nc1c(C(C)C)cccc1C(C)C.Fc1ccccc1N=Cc1ccccn1. The first kappa shape index (κ1) is 63.7. The first-order chi connectivity index (χ1) is 42.4. The van der Waals surface area contributed by atoms with Gasteiger partial charge in [0, 0.05) is 49.6 Å². The molecule has 0 aliphatic heterocycles. The fourth-order valence-electron chi connectivity index (χ4n) is 10.8. The molecule has 0 radical (unpaired) electrons. The Kier molecular flexibility index (Phi) is 24.4. The average molecular weight is 1150 g/mol. The summed E-state index contributed by atoms with van der Waals surface area (Å²) >= 11 is 0. The van der Waals surface area contributed by atoms with Crippen LogP contribution >= 0.6 is 0 Å². The molecule has 0 amide bonds. The summed E-state index contributed by atoms with van der Waals surface area (Å²) in [6, 6.07) is 61.0. The van der Waals surface area contributed by atoms with Gasteiger partial charge in [-0.25, -0.2) is 4.39 Å². The number of aryl methyl sites for hydroxylation is 2. The summed E-state index contributed by atoms with van der Waals surface area (Å²) in [6.07, 6.45) is 26.8. The molecular formula is C76H81FN10. The number of benzene rings is 5. The third-order valence-electron chi connectivity index (χ3n) is 15.4. The molecule has 1 atom stereocenters. The molecule has 4 heterocycles. The zero-order valence-electron chi connectivity index (χ0n) is 51.4. The Labute approximate surface area is 515 Å². The number of para-hydroxylation sites is 4. The van der Waals surface area contributed by atoms with Crippen LogP contribution in [0.4, 0.5) is 27.1 Å². The van der Waals surface area contributed by atoms with E-state index in [9.17, 15) is 4.39 Å². The van der Waals surface area contributed by atoms with Crippen molar-refractivity contribution < 1.29 is 4.39 Å². The monoisotopic (exact) mass is 1150 g/mol. The maximum atomic E-state index is 13.2. The van der Waals surface area contributed by atoms with Crippen molar-refractivity contribution in [1.82, 2.24) is 19.9 Å². The van der Waals surface area contributed by atoms with Gasteiger partial charge in [0.1, 0.15) is 5.82 Å². The van der Waals surface area contributed by atoms with Gasteiger partial charge < -0.3 is 0 Å². The zero-order chi connectivity index (χ0) is 61.1. The van der Waals surface area contributed by atoms with E-state index in [-0.39, 0.29) is 5.82 Å². The predicted octanol–water partition coefficient (Wildman–Crippen LogP) is 19.3. The Bertz CT molecular complexity index is 3620. The van der Waals surface area contributed by atoms with Crippen LogP contribution in [0.25, 0.3) is 0 Å². The third kappa shape index (κ3) is 19.9. The molecule has 442 valence electrons. The quantitative estimate of drug-likeness (QED) is 0.101. The molecule has 3 aliphatic rings. The Hall–Kier alpha value is -9.35. The van der Waals surface area contributed by atoms with Crippen molar-refractivity contribution in [2.45, 2.75) is 123 Å². The number of aromatic nitrogens is 4. The van der Waals surface area contributed by atoms with Crippen molar-refractivity contribution >= 4 is 60.0 Å². The summed E-state index contributed by atoms with van der Waals surface area (Å²) in [5.74, 6) is 1.98. The highest BCUT2D eigenvalue weighted by atomic mass is 19.1. The maximum Gasteiger partial charge on any atom is 0.148 e. The molecule has 9 aromatic rings. The molecule has 0 N–H and O–H groups in total. The molecule has 2 bridgehead atoms. The molecule has 11 heteroatoms. The lowest BCUT2D eigenvalue weighted by Crippen LogP contribution is -2.19. The number of pyridine rings is 4. The van der Waals surface area contributed by atoms with Gasteiger partial charge in [0.25, 0.3) is 0 Å². The van der Waals surface area contributed by atoms with Gasteiger partial charge >= 0.3 is 0 Å². The number of halogens is 1. The van der Waals surface area contributed by atoms with E-state index in [4.69, 9.17) is 15.0 Å². The van der Waals surface area contributed by atoms with Crippen LogP contribution in [0.2, 0.25) is 0 Å². The van der Waals surface area contributed by atoms with E-state index in [1.54, 1.807) is 49.2 Å². The lowest BCUT2D eigenvalue weighted by molar-refractivity contribution is 0.422. The highest BCUT2D eigenvalue weighted by Gasteiger charge is 2.44. The maximum absolute atomic E-state index is 13.2. The summed E-state index contributed by atoms with van der Waals surface area (Å²) in [6.45, 7) is 15.4. The van der Waals surface area contributed by atoms with Crippen molar-refractivity contribution in [3.8, 4) is 0 Å². The second-order valence-corrected chi connectivity index (χ2v) is 22.8. The molecule has 10 nitrogen and oxygen atoms in total. The Balaban J connectivity index is 0.000000144. The fourth-order valence-corrected chi connectivity index (χ4v) is 10.8. The first-order valence-corrected chi connectivity index (χ1v) is 30.4. The lowest BCUT2D eigenvalue weighted by atomic mass is 9.93. The first-order valence-electron chi connectivity index (χ1n) is 30.4. The van der Waals surface area contributed by atoms with Gasteiger partial charge in [0.05, 0.1) is 69.5 Å². The summed E-state index contributed by atoms with van der Waals surface area (Å²) in [4.78, 5) is 44.0. The molecule has 1 unspecified atom stereocenters. The van der Waals surface area contributed by atoms with E-state index in [1.807, 2.05) is 134 Å². The summed E-state index contributed by atoms with van der Waals surface area (Å²) in [7, 11) is 0. The van der Waals surface area contributed by atoms with E-state index in [2.05, 4.69) is 144 Å². The van der Waals surface area contributed by atoms with Crippen molar-refractivity contribution in [3.63, 3.8) is 0 Å². The van der Waals surface area contributed by atoms with Gasteiger partial charge in [-0.15, -0.1) is 0 Å². The molecule has 5 aromatic carbocycles. The van der Waals surface area contributed by atoms with Crippen molar-refractivity contribution in [1.29, 1.82) is 0 Å². The van der Waals surface area contributed by atoms with Crippen LogP contribution < -0.4 is 0 Å². The van der Waals surface area contributed by atoms with Gasteiger partial charge in [0.2, 0.25) is 0 Å². The molecule has 87 heavy (non-hydrogen) atoms. The van der Waals surface area contributed by atoms with Gasteiger partial charge in [-0.3, -0.25) is 49.9 Å². The second-order valence-electron chi connectivity index (χ2n) is 22.8. The molecular weight excluding hydrogens is 1070 g/mol. The van der Waals surface area contributed by atoms with Crippen LogP contribution in [0.15, 0.2) is 243 Å². The largest absolute Gasteiger partial charge is 0.284 e. The lowest BCUT2D eigenvalue weighted by Gasteiger charge is -2.20. The Morgan fingerprint density at radius 1 is 0.460 bits per heavy atom. The topological polar surface area (TPSA) is 126 Å². The van der Waals surface area contributed by atoms with Gasteiger partial charge in [-0.05, 0) is 182 Å². The van der Waals surface area contributed by atoms with Gasteiger partial charge in [-0.2, -0.15) is 0 Å². The smallest absolute Gasteiger partial charge is 0.148 e. The number of hydrogen-bond donors (Lipinski definition) is 0. The highest BCUT2D eigenvalue weighted by Crippen LogP contribution is 2.50. The minimum atomic E-state index is -0.329. The number of fused-ring (bicyclic) bond motifs is 3. The van der Waals surface area contributed by atoms with Gasteiger partial charge in [0.15, 0.2) is 0 Å².